The van der Waals surface area contributed by atoms with Crippen molar-refractivity contribution in [1.82, 2.24) is 4.90 Å². The number of likely N-dealkylation sites (tertiary alicyclic amines) is 1. The van der Waals surface area contributed by atoms with E-state index in [1.807, 2.05) is 32.0 Å². The SMILES string of the molecule is CCC(C(=O)Nc1c(C)cccc1C)N1CCCC1. The summed E-state index contributed by atoms with van der Waals surface area (Å²) >= 11 is 0. The molecule has 1 heterocycles. The van der Waals surface area contributed by atoms with Gasteiger partial charge in [-0.3, -0.25) is 9.69 Å². The van der Waals surface area contributed by atoms with Crippen molar-refractivity contribution in [3.63, 3.8) is 0 Å². The number of rotatable bonds is 4. The largest absolute Gasteiger partial charge is 0.324 e. The summed E-state index contributed by atoms with van der Waals surface area (Å²) in [5.41, 5.74) is 3.24. The molecule has 1 fully saturated rings. The van der Waals surface area contributed by atoms with Crippen LogP contribution in [-0.4, -0.2) is 29.9 Å². The number of hydrogen-bond donors (Lipinski definition) is 1. The van der Waals surface area contributed by atoms with Gasteiger partial charge in [0.1, 0.15) is 0 Å². The third kappa shape index (κ3) is 3.16. The average molecular weight is 260 g/mol. The Morgan fingerprint density at radius 3 is 2.37 bits per heavy atom. The van der Waals surface area contributed by atoms with Gasteiger partial charge in [-0.1, -0.05) is 25.1 Å². The lowest BCUT2D eigenvalue weighted by Gasteiger charge is -2.26. The van der Waals surface area contributed by atoms with Gasteiger partial charge in [0.2, 0.25) is 5.91 Å². The Morgan fingerprint density at radius 1 is 1.26 bits per heavy atom. The van der Waals surface area contributed by atoms with Crippen LogP contribution in [0, 0.1) is 13.8 Å². The topological polar surface area (TPSA) is 32.3 Å². The van der Waals surface area contributed by atoms with Gasteiger partial charge >= 0.3 is 0 Å². The molecule has 1 aromatic rings. The summed E-state index contributed by atoms with van der Waals surface area (Å²) in [5, 5.41) is 3.13. The van der Waals surface area contributed by atoms with Crippen LogP contribution in [0.3, 0.4) is 0 Å². The van der Waals surface area contributed by atoms with Gasteiger partial charge in [0.05, 0.1) is 6.04 Å². The predicted octanol–water partition coefficient (Wildman–Crippen LogP) is 3.12. The summed E-state index contributed by atoms with van der Waals surface area (Å²) in [6.45, 7) is 8.28. The lowest BCUT2D eigenvalue weighted by atomic mass is 10.1. The van der Waals surface area contributed by atoms with E-state index in [2.05, 4.69) is 17.1 Å². The molecular weight excluding hydrogens is 236 g/mol. The maximum absolute atomic E-state index is 12.5. The second-order valence-electron chi connectivity index (χ2n) is 5.42. The van der Waals surface area contributed by atoms with Crippen LogP contribution in [0.5, 0.6) is 0 Å². The molecule has 2 rings (SSSR count). The molecule has 0 bridgehead atoms. The standard InChI is InChI=1S/C16H24N2O/c1-4-14(18-10-5-6-11-18)16(19)17-15-12(2)8-7-9-13(15)3/h7-9,14H,4-6,10-11H2,1-3H3,(H,17,19). The monoisotopic (exact) mass is 260 g/mol. The molecule has 0 aromatic heterocycles. The first-order valence-corrected chi connectivity index (χ1v) is 7.24. The van der Waals surface area contributed by atoms with Gasteiger partial charge in [0.25, 0.3) is 0 Å². The van der Waals surface area contributed by atoms with E-state index in [-0.39, 0.29) is 11.9 Å². The Balaban J connectivity index is 2.10. The number of nitrogens with one attached hydrogen (secondary N) is 1. The highest BCUT2D eigenvalue weighted by molar-refractivity contribution is 5.96. The number of carbonyl (C=O) groups excluding carboxylic acids is 1. The van der Waals surface area contributed by atoms with Crippen LogP contribution in [0.1, 0.15) is 37.3 Å². The number of hydrogen-bond acceptors (Lipinski definition) is 2. The fraction of sp³-hybridized carbons (Fsp3) is 0.562. The highest BCUT2D eigenvalue weighted by Crippen LogP contribution is 2.21. The molecule has 1 amide bonds. The number of benzene rings is 1. The molecule has 1 aliphatic heterocycles. The minimum absolute atomic E-state index is 0.0153. The third-order valence-corrected chi connectivity index (χ3v) is 4.00. The van der Waals surface area contributed by atoms with Crippen molar-refractivity contribution in [1.29, 1.82) is 0 Å². The predicted molar refractivity (Wildman–Crippen MR) is 79.4 cm³/mol. The summed E-state index contributed by atoms with van der Waals surface area (Å²) in [5.74, 6) is 0.141. The number of aryl methyl sites for hydroxylation is 2. The van der Waals surface area contributed by atoms with Crippen LogP contribution < -0.4 is 5.32 Å². The van der Waals surface area contributed by atoms with E-state index < -0.39 is 0 Å². The fourth-order valence-electron chi connectivity index (χ4n) is 2.88. The molecule has 0 spiro atoms. The number of para-hydroxylation sites is 1. The van der Waals surface area contributed by atoms with Gasteiger partial charge in [-0.15, -0.1) is 0 Å². The summed E-state index contributed by atoms with van der Waals surface area (Å²) in [6.07, 6.45) is 3.30. The van der Waals surface area contributed by atoms with E-state index in [4.69, 9.17) is 0 Å². The number of carbonyl (C=O) groups is 1. The molecule has 3 heteroatoms. The van der Waals surface area contributed by atoms with Gasteiger partial charge < -0.3 is 5.32 Å². The van der Waals surface area contributed by atoms with E-state index in [9.17, 15) is 4.79 Å². The molecule has 0 radical (unpaired) electrons. The van der Waals surface area contributed by atoms with Gasteiger partial charge in [-0.05, 0) is 57.3 Å². The van der Waals surface area contributed by atoms with Crippen LogP contribution in [0.4, 0.5) is 5.69 Å². The second kappa shape index (κ2) is 6.20. The molecule has 1 saturated heterocycles. The minimum atomic E-state index is 0.0153. The molecule has 1 unspecified atom stereocenters. The number of anilines is 1. The zero-order valence-electron chi connectivity index (χ0n) is 12.2. The van der Waals surface area contributed by atoms with E-state index in [0.29, 0.717) is 0 Å². The first-order valence-electron chi connectivity index (χ1n) is 7.24. The smallest absolute Gasteiger partial charge is 0.241 e. The summed E-state index contributed by atoms with van der Waals surface area (Å²) < 4.78 is 0. The molecule has 1 N–H and O–H groups in total. The lowest BCUT2D eigenvalue weighted by Crippen LogP contribution is -2.42. The van der Waals surface area contributed by atoms with Crippen LogP contribution in [0.2, 0.25) is 0 Å². The van der Waals surface area contributed by atoms with Crippen molar-refractivity contribution in [2.75, 3.05) is 18.4 Å². The van der Waals surface area contributed by atoms with Crippen molar-refractivity contribution in [2.24, 2.45) is 0 Å². The Labute approximate surface area is 116 Å². The highest BCUT2D eigenvalue weighted by Gasteiger charge is 2.26. The van der Waals surface area contributed by atoms with Crippen LogP contribution >= 0.6 is 0 Å². The molecule has 104 valence electrons. The van der Waals surface area contributed by atoms with Crippen LogP contribution in [0.25, 0.3) is 0 Å². The summed E-state index contributed by atoms with van der Waals surface area (Å²) in [7, 11) is 0. The lowest BCUT2D eigenvalue weighted by molar-refractivity contribution is -0.121. The second-order valence-corrected chi connectivity index (χ2v) is 5.42. The molecule has 1 aliphatic rings. The Bertz CT molecular complexity index is 430. The highest BCUT2D eigenvalue weighted by atomic mass is 16.2. The number of nitrogens with zero attached hydrogens (tertiary/aromatic N) is 1. The van der Waals surface area contributed by atoms with Crippen molar-refractivity contribution < 1.29 is 4.79 Å². The Morgan fingerprint density at radius 2 is 1.84 bits per heavy atom. The quantitative estimate of drug-likeness (QED) is 0.902. The molecule has 1 aromatic carbocycles. The van der Waals surface area contributed by atoms with Crippen molar-refractivity contribution in [2.45, 2.75) is 46.1 Å². The van der Waals surface area contributed by atoms with Gasteiger partial charge in [-0.25, -0.2) is 0 Å². The maximum Gasteiger partial charge on any atom is 0.241 e. The van der Waals surface area contributed by atoms with Gasteiger partial charge in [0, 0.05) is 5.69 Å². The maximum atomic E-state index is 12.5. The Hall–Kier alpha value is -1.35. The van der Waals surface area contributed by atoms with E-state index in [1.54, 1.807) is 0 Å². The van der Waals surface area contributed by atoms with Crippen molar-refractivity contribution in [3.05, 3.63) is 29.3 Å². The van der Waals surface area contributed by atoms with Crippen molar-refractivity contribution in [3.8, 4) is 0 Å². The molecule has 19 heavy (non-hydrogen) atoms. The first-order chi connectivity index (χ1) is 9.13. The summed E-state index contributed by atoms with van der Waals surface area (Å²) in [6, 6.07) is 6.12. The average Bonchev–Trinajstić information content (AvgIpc) is 2.89. The Kier molecular flexibility index (Phi) is 4.59. The zero-order valence-corrected chi connectivity index (χ0v) is 12.2. The van der Waals surface area contributed by atoms with Gasteiger partial charge in [0.15, 0.2) is 0 Å². The van der Waals surface area contributed by atoms with E-state index in [0.717, 1.165) is 36.3 Å². The van der Waals surface area contributed by atoms with E-state index in [1.165, 1.54) is 12.8 Å². The normalized spacial score (nSPS) is 17.4. The number of amides is 1. The summed E-state index contributed by atoms with van der Waals surface area (Å²) in [4.78, 5) is 14.8. The molecule has 3 nitrogen and oxygen atoms in total. The zero-order chi connectivity index (χ0) is 13.8. The molecule has 0 saturated carbocycles. The molecule has 1 atom stereocenters. The first kappa shape index (κ1) is 14.1. The fourth-order valence-corrected chi connectivity index (χ4v) is 2.88. The molecule has 0 aliphatic carbocycles. The molecular formula is C16H24N2O. The minimum Gasteiger partial charge on any atom is -0.324 e. The van der Waals surface area contributed by atoms with E-state index >= 15 is 0 Å². The van der Waals surface area contributed by atoms with Crippen LogP contribution in [-0.2, 0) is 4.79 Å². The third-order valence-electron chi connectivity index (χ3n) is 4.00. The van der Waals surface area contributed by atoms with Crippen LogP contribution in [0.15, 0.2) is 18.2 Å². The van der Waals surface area contributed by atoms with Crippen molar-refractivity contribution >= 4 is 11.6 Å². The van der Waals surface area contributed by atoms with Gasteiger partial charge in [-0.2, -0.15) is 0 Å².